The first kappa shape index (κ1) is 21.7. The molecule has 3 aliphatic rings. The number of nitrogens with zero attached hydrogens (tertiary/aromatic N) is 5. The third-order valence-electron chi connectivity index (χ3n) is 7.19. The van der Waals surface area contributed by atoms with Crippen LogP contribution in [0.25, 0.3) is 0 Å². The normalized spacial score (nSPS) is 20.2. The van der Waals surface area contributed by atoms with E-state index in [1.165, 1.54) is 18.5 Å². The quantitative estimate of drug-likeness (QED) is 0.775. The van der Waals surface area contributed by atoms with Crippen molar-refractivity contribution < 1.29 is 9.59 Å². The van der Waals surface area contributed by atoms with E-state index in [1.54, 1.807) is 6.92 Å². The Morgan fingerprint density at radius 2 is 1.76 bits per heavy atom. The van der Waals surface area contributed by atoms with E-state index in [0.29, 0.717) is 26.1 Å². The molecule has 1 aromatic carbocycles. The number of carbonyl (C=O) groups excluding carboxylic acids is 2. The highest BCUT2D eigenvalue weighted by molar-refractivity contribution is 5.94. The second-order valence-corrected chi connectivity index (χ2v) is 9.27. The van der Waals surface area contributed by atoms with E-state index in [2.05, 4.69) is 22.3 Å². The van der Waals surface area contributed by atoms with Gasteiger partial charge in [-0.25, -0.2) is 9.97 Å². The van der Waals surface area contributed by atoms with Gasteiger partial charge in [0.25, 0.3) is 5.91 Å². The van der Waals surface area contributed by atoms with Gasteiger partial charge in [-0.05, 0) is 43.5 Å². The molecule has 1 N–H and O–H groups in total. The molecule has 0 saturated carbocycles. The summed E-state index contributed by atoms with van der Waals surface area (Å²) in [4.78, 5) is 40.8. The average molecular weight is 449 g/mol. The molecule has 5 rings (SSSR count). The summed E-state index contributed by atoms with van der Waals surface area (Å²) in [7, 11) is 1.86. The van der Waals surface area contributed by atoms with Gasteiger partial charge in [-0.1, -0.05) is 0 Å². The van der Waals surface area contributed by atoms with Gasteiger partial charge >= 0.3 is 0 Å². The van der Waals surface area contributed by atoms with Crippen LogP contribution in [0.4, 0.5) is 11.5 Å². The topological polar surface area (TPSA) is 81.7 Å². The molecule has 174 valence electrons. The molecular weight excluding hydrogens is 416 g/mol. The van der Waals surface area contributed by atoms with Crippen molar-refractivity contribution in [2.75, 3.05) is 50.0 Å². The molecule has 2 fully saturated rings. The Bertz CT molecular complexity index is 1030. The van der Waals surface area contributed by atoms with Gasteiger partial charge in [0, 0.05) is 75.8 Å². The number of aromatic nitrogens is 2. The lowest BCUT2D eigenvalue weighted by Crippen LogP contribution is -2.37. The molecule has 2 aromatic rings. The average Bonchev–Trinajstić information content (AvgIpc) is 3.55. The van der Waals surface area contributed by atoms with E-state index in [0.717, 1.165) is 54.5 Å². The summed E-state index contributed by atoms with van der Waals surface area (Å²) in [6, 6.07) is 8.03. The smallest absolute Gasteiger partial charge is 0.254 e. The number of rotatable bonds is 4. The Morgan fingerprint density at radius 3 is 2.42 bits per heavy atom. The maximum atomic E-state index is 13.2. The summed E-state index contributed by atoms with van der Waals surface area (Å²) in [5.41, 5.74) is 3.93. The monoisotopic (exact) mass is 448 g/mol. The Labute approximate surface area is 195 Å². The van der Waals surface area contributed by atoms with Crippen molar-refractivity contribution >= 4 is 23.3 Å². The third kappa shape index (κ3) is 4.26. The standard InChI is InChI=1S/C25H32N6O2/c1-17(32)30-13-9-19(15-30)23-27-22-10-14-31(16-21(22)24(26-2)28-23)25(33)18-5-7-20(8-6-18)29-11-3-4-12-29/h5-8,19H,3-4,9-16H2,1-2H3,(H,26,27,28)/t19-/m0/s1. The van der Waals surface area contributed by atoms with Crippen molar-refractivity contribution in [3.05, 3.63) is 46.9 Å². The second kappa shape index (κ2) is 9.00. The highest BCUT2D eigenvalue weighted by Crippen LogP contribution is 2.30. The van der Waals surface area contributed by atoms with Gasteiger partial charge in [-0.15, -0.1) is 0 Å². The van der Waals surface area contributed by atoms with Crippen LogP contribution in [0.5, 0.6) is 0 Å². The predicted octanol–water partition coefficient (Wildman–Crippen LogP) is 2.65. The van der Waals surface area contributed by atoms with Crippen molar-refractivity contribution in [1.29, 1.82) is 0 Å². The van der Waals surface area contributed by atoms with Gasteiger partial charge in [0.15, 0.2) is 0 Å². The lowest BCUT2D eigenvalue weighted by Gasteiger charge is -2.30. The number of hydrogen-bond donors (Lipinski definition) is 1. The zero-order valence-corrected chi connectivity index (χ0v) is 19.5. The van der Waals surface area contributed by atoms with Crippen molar-refractivity contribution in [2.45, 2.75) is 45.1 Å². The van der Waals surface area contributed by atoms with Crippen LogP contribution in [0.2, 0.25) is 0 Å². The zero-order valence-electron chi connectivity index (χ0n) is 19.5. The van der Waals surface area contributed by atoms with Crippen LogP contribution in [0.15, 0.2) is 24.3 Å². The fourth-order valence-electron chi connectivity index (χ4n) is 5.23. The van der Waals surface area contributed by atoms with Crippen LogP contribution in [0.3, 0.4) is 0 Å². The Hall–Kier alpha value is -3.16. The molecule has 0 spiro atoms. The van der Waals surface area contributed by atoms with E-state index in [9.17, 15) is 9.59 Å². The highest BCUT2D eigenvalue weighted by atomic mass is 16.2. The van der Waals surface area contributed by atoms with Gasteiger partial charge < -0.3 is 20.0 Å². The third-order valence-corrected chi connectivity index (χ3v) is 7.19. The van der Waals surface area contributed by atoms with Crippen molar-refractivity contribution in [1.82, 2.24) is 19.8 Å². The molecule has 0 aliphatic carbocycles. The fourth-order valence-corrected chi connectivity index (χ4v) is 5.23. The number of carbonyl (C=O) groups is 2. The molecule has 8 nitrogen and oxygen atoms in total. The van der Waals surface area contributed by atoms with Crippen molar-refractivity contribution in [3.63, 3.8) is 0 Å². The molecule has 0 radical (unpaired) electrons. The number of benzene rings is 1. The first-order chi connectivity index (χ1) is 16.0. The molecule has 4 heterocycles. The van der Waals surface area contributed by atoms with E-state index in [-0.39, 0.29) is 17.7 Å². The molecule has 1 atom stereocenters. The molecular formula is C25H32N6O2. The van der Waals surface area contributed by atoms with Crippen LogP contribution in [-0.4, -0.2) is 71.4 Å². The Morgan fingerprint density at radius 1 is 1.00 bits per heavy atom. The first-order valence-electron chi connectivity index (χ1n) is 12.0. The molecule has 0 unspecified atom stereocenters. The maximum absolute atomic E-state index is 13.2. The first-order valence-corrected chi connectivity index (χ1v) is 12.0. The maximum Gasteiger partial charge on any atom is 0.254 e. The lowest BCUT2D eigenvalue weighted by atomic mass is 10.0. The predicted molar refractivity (Wildman–Crippen MR) is 128 cm³/mol. The number of amides is 2. The number of nitrogens with one attached hydrogen (secondary N) is 1. The van der Waals surface area contributed by atoms with Gasteiger partial charge in [-0.2, -0.15) is 0 Å². The molecule has 8 heteroatoms. The van der Waals surface area contributed by atoms with Gasteiger partial charge in [0.05, 0.1) is 12.2 Å². The van der Waals surface area contributed by atoms with E-state index < -0.39 is 0 Å². The molecule has 2 amide bonds. The fraction of sp³-hybridized carbons (Fsp3) is 0.520. The van der Waals surface area contributed by atoms with Crippen LogP contribution in [0, 0.1) is 0 Å². The van der Waals surface area contributed by atoms with Gasteiger partial charge in [-0.3, -0.25) is 9.59 Å². The molecule has 2 saturated heterocycles. The van der Waals surface area contributed by atoms with E-state index >= 15 is 0 Å². The molecule has 0 bridgehead atoms. The summed E-state index contributed by atoms with van der Waals surface area (Å²) in [6.07, 6.45) is 4.07. The molecule has 1 aromatic heterocycles. The number of likely N-dealkylation sites (tertiary alicyclic amines) is 1. The minimum Gasteiger partial charge on any atom is -0.373 e. The molecule has 3 aliphatic heterocycles. The van der Waals surface area contributed by atoms with Crippen LogP contribution < -0.4 is 10.2 Å². The van der Waals surface area contributed by atoms with Crippen LogP contribution in [-0.2, 0) is 17.8 Å². The highest BCUT2D eigenvalue weighted by Gasteiger charge is 2.31. The summed E-state index contributed by atoms with van der Waals surface area (Å²) in [5.74, 6) is 1.91. The van der Waals surface area contributed by atoms with Crippen LogP contribution >= 0.6 is 0 Å². The summed E-state index contributed by atoms with van der Waals surface area (Å²) in [6.45, 7) is 6.38. The summed E-state index contributed by atoms with van der Waals surface area (Å²) < 4.78 is 0. The largest absolute Gasteiger partial charge is 0.373 e. The minimum atomic E-state index is 0.0487. The Kier molecular flexibility index (Phi) is 5.91. The molecule has 33 heavy (non-hydrogen) atoms. The van der Waals surface area contributed by atoms with Crippen LogP contribution in [0.1, 0.15) is 59.5 Å². The summed E-state index contributed by atoms with van der Waals surface area (Å²) in [5, 5.41) is 3.22. The van der Waals surface area contributed by atoms with E-state index in [4.69, 9.17) is 9.97 Å². The van der Waals surface area contributed by atoms with E-state index in [1.807, 2.05) is 29.0 Å². The zero-order chi connectivity index (χ0) is 22.9. The number of hydrogen-bond acceptors (Lipinski definition) is 6. The minimum absolute atomic E-state index is 0.0487. The van der Waals surface area contributed by atoms with Crippen molar-refractivity contribution in [2.24, 2.45) is 0 Å². The number of fused-ring (bicyclic) bond motifs is 1. The second-order valence-electron chi connectivity index (χ2n) is 9.27. The van der Waals surface area contributed by atoms with Gasteiger partial charge in [0.2, 0.25) is 5.91 Å². The Balaban J connectivity index is 1.32. The summed E-state index contributed by atoms with van der Waals surface area (Å²) >= 11 is 0. The lowest BCUT2D eigenvalue weighted by molar-refractivity contribution is -0.127. The van der Waals surface area contributed by atoms with Gasteiger partial charge in [0.1, 0.15) is 11.6 Å². The number of anilines is 2. The van der Waals surface area contributed by atoms with Crippen molar-refractivity contribution in [3.8, 4) is 0 Å². The SMILES string of the molecule is CNc1nc([C@H]2CCN(C(C)=O)C2)nc2c1CN(C(=O)c1ccc(N3CCCC3)cc1)CC2.